The summed E-state index contributed by atoms with van der Waals surface area (Å²) < 4.78 is 0. The molecule has 4 nitrogen and oxygen atoms in total. The Morgan fingerprint density at radius 3 is 1.94 bits per heavy atom. The average molecular weight is 265 g/mol. The average Bonchev–Trinajstić information content (AvgIpc) is 2.28. The molecule has 0 bridgehead atoms. The maximum absolute atomic E-state index is 10.6. The fourth-order valence-corrected chi connectivity index (χ4v) is 1.78. The maximum Gasteiger partial charge on any atom is 0.269 e. The highest BCUT2D eigenvalue weighted by molar-refractivity contribution is 5.85. The van der Waals surface area contributed by atoms with Crippen LogP contribution in [0.1, 0.15) is 11.4 Å². The lowest BCUT2D eigenvalue weighted by Crippen LogP contribution is -1.89. The first-order valence-corrected chi connectivity index (χ1v) is 5.26. The molecule has 0 saturated carbocycles. The number of pyridine rings is 1. The molecule has 0 atom stereocenters. The molecule has 18 heavy (non-hydrogen) atoms. The van der Waals surface area contributed by atoms with Gasteiger partial charge in [-0.05, 0) is 49.2 Å². The predicted octanol–water partition coefficient (Wildman–Crippen LogP) is 3.70. The lowest BCUT2D eigenvalue weighted by atomic mass is 10.0. The highest BCUT2D eigenvalue weighted by atomic mass is 35.5. The van der Waals surface area contributed by atoms with Gasteiger partial charge in [-0.2, -0.15) is 0 Å². The van der Waals surface area contributed by atoms with Gasteiger partial charge < -0.3 is 0 Å². The summed E-state index contributed by atoms with van der Waals surface area (Å²) in [5, 5.41) is 10.6. The molecule has 94 valence electrons. The second kappa shape index (κ2) is 5.60. The van der Waals surface area contributed by atoms with Crippen molar-refractivity contribution in [1.82, 2.24) is 4.98 Å². The zero-order valence-electron chi connectivity index (χ0n) is 10.1. The molecule has 0 radical (unpaired) electrons. The van der Waals surface area contributed by atoms with Gasteiger partial charge in [0.2, 0.25) is 0 Å². The second-order valence-corrected chi connectivity index (χ2v) is 3.94. The zero-order valence-corrected chi connectivity index (χ0v) is 10.9. The third-order valence-electron chi connectivity index (χ3n) is 2.49. The Morgan fingerprint density at radius 1 is 1.00 bits per heavy atom. The molecular formula is C13H13ClN2O2. The van der Waals surface area contributed by atoms with Crippen LogP contribution in [0.5, 0.6) is 0 Å². The Bertz CT molecular complexity index is 547. The number of hydrogen-bond donors (Lipinski definition) is 0. The van der Waals surface area contributed by atoms with Crippen LogP contribution in [0.25, 0.3) is 11.1 Å². The van der Waals surface area contributed by atoms with E-state index in [4.69, 9.17) is 0 Å². The quantitative estimate of drug-likeness (QED) is 0.614. The molecule has 1 aromatic heterocycles. The van der Waals surface area contributed by atoms with Gasteiger partial charge >= 0.3 is 0 Å². The summed E-state index contributed by atoms with van der Waals surface area (Å²) >= 11 is 0. The van der Waals surface area contributed by atoms with Gasteiger partial charge in [0, 0.05) is 23.5 Å². The molecule has 0 N–H and O–H groups in total. The van der Waals surface area contributed by atoms with Crippen LogP contribution in [0.3, 0.4) is 0 Å². The molecule has 0 aliphatic rings. The molecule has 0 aliphatic carbocycles. The van der Waals surface area contributed by atoms with Crippen molar-refractivity contribution in [3.05, 3.63) is 57.9 Å². The SMILES string of the molecule is Cc1cc(-c2ccc([N+](=O)[O-])cc2)cc(C)n1.Cl. The fraction of sp³-hybridized carbons (Fsp3) is 0.154. The molecule has 2 rings (SSSR count). The Hall–Kier alpha value is -1.94. The van der Waals surface area contributed by atoms with Crippen LogP contribution in [-0.2, 0) is 0 Å². The molecule has 2 aromatic rings. The van der Waals surface area contributed by atoms with Gasteiger partial charge in [-0.25, -0.2) is 0 Å². The summed E-state index contributed by atoms with van der Waals surface area (Å²) in [6.07, 6.45) is 0. The van der Waals surface area contributed by atoms with Gasteiger partial charge in [0.15, 0.2) is 0 Å². The van der Waals surface area contributed by atoms with Crippen molar-refractivity contribution in [2.45, 2.75) is 13.8 Å². The highest BCUT2D eigenvalue weighted by Crippen LogP contribution is 2.23. The van der Waals surface area contributed by atoms with Crippen LogP contribution in [0.2, 0.25) is 0 Å². The normalized spacial score (nSPS) is 9.67. The molecule has 0 fully saturated rings. The van der Waals surface area contributed by atoms with Gasteiger partial charge in [-0.3, -0.25) is 15.1 Å². The van der Waals surface area contributed by atoms with Crippen LogP contribution in [0.15, 0.2) is 36.4 Å². The summed E-state index contributed by atoms with van der Waals surface area (Å²) in [5.74, 6) is 0. The Morgan fingerprint density at radius 2 is 1.50 bits per heavy atom. The predicted molar refractivity (Wildman–Crippen MR) is 73.0 cm³/mol. The third kappa shape index (κ3) is 3.05. The molecule has 0 aliphatic heterocycles. The Balaban J connectivity index is 0.00000162. The lowest BCUT2D eigenvalue weighted by molar-refractivity contribution is -0.384. The van der Waals surface area contributed by atoms with Crippen LogP contribution in [0.4, 0.5) is 5.69 Å². The fourth-order valence-electron chi connectivity index (χ4n) is 1.78. The first-order valence-electron chi connectivity index (χ1n) is 5.26. The Labute approximate surface area is 111 Å². The number of hydrogen-bond acceptors (Lipinski definition) is 3. The van der Waals surface area contributed by atoms with Crippen molar-refractivity contribution in [3.63, 3.8) is 0 Å². The van der Waals surface area contributed by atoms with Crippen LogP contribution >= 0.6 is 12.4 Å². The van der Waals surface area contributed by atoms with Crippen molar-refractivity contribution in [1.29, 1.82) is 0 Å². The van der Waals surface area contributed by atoms with E-state index in [0.29, 0.717) is 0 Å². The van der Waals surface area contributed by atoms with Crippen LogP contribution < -0.4 is 0 Å². The smallest absolute Gasteiger partial charge is 0.258 e. The molecule has 0 spiro atoms. The van der Waals surface area contributed by atoms with Crippen LogP contribution in [0, 0.1) is 24.0 Å². The van der Waals surface area contributed by atoms with Crippen molar-refractivity contribution in [3.8, 4) is 11.1 Å². The van der Waals surface area contributed by atoms with Gasteiger partial charge in [0.25, 0.3) is 5.69 Å². The lowest BCUT2D eigenvalue weighted by Gasteiger charge is -2.04. The van der Waals surface area contributed by atoms with Crippen molar-refractivity contribution in [2.24, 2.45) is 0 Å². The standard InChI is InChI=1S/C13H12N2O2.ClH/c1-9-7-12(8-10(2)14-9)11-3-5-13(6-4-11)15(16)17;/h3-8H,1-2H3;1H. The summed E-state index contributed by atoms with van der Waals surface area (Å²) in [6, 6.07) is 10.5. The minimum atomic E-state index is -0.396. The van der Waals surface area contributed by atoms with E-state index in [2.05, 4.69) is 4.98 Å². The van der Waals surface area contributed by atoms with E-state index in [1.54, 1.807) is 12.1 Å². The molecule has 1 heterocycles. The minimum Gasteiger partial charge on any atom is -0.258 e. The number of halogens is 1. The number of aromatic nitrogens is 1. The van der Waals surface area contributed by atoms with E-state index in [0.717, 1.165) is 22.5 Å². The van der Waals surface area contributed by atoms with Gasteiger partial charge in [0.1, 0.15) is 0 Å². The first-order chi connectivity index (χ1) is 8.06. The molecule has 0 unspecified atom stereocenters. The van der Waals surface area contributed by atoms with E-state index in [1.807, 2.05) is 26.0 Å². The maximum atomic E-state index is 10.6. The highest BCUT2D eigenvalue weighted by Gasteiger charge is 2.05. The number of nitrogens with zero attached hydrogens (tertiary/aromatic N) is 2. The van der Waals surface area contributed by atoms with E-state index < -0.39 is 4.92 Å². The van der Waals surface area contributed by atoms with Crippen molar-refractivity contribution >= 4 is 18.1 Å². The number of non-ortho nitro benzene ring substituents is 1. The molecule has 0 saturated heterocycles. The summed E-state index contributed by atoms with van der Waals surface area (Å²) in [4.78, 5) is 14.5. The minimum absolute atomic E-state index is 0. The Kier molecular flexibility index (Phi) is 4.39. The topological polar surface area (TPSA) is 56.0 Å². The number of nitro benzene ring substituents is 1. The van der Waals surface area contributed by atoms with Gasteiger partial charge in [-0.15, -0.1) is 12.4 Å². The van der Waals surface area contributed by atoms with Crippen LogP contribution in [-0.4, -0.2) is 9.91 Å². The number of aryl methyl sites for hydroxylation is 2. The van der Waals surface area contributed by atoms with Gasteiger partial charge in [0.05, 0.1) is 4.92 Å². The van der Waals surface area contributed by atoms with E-state index >= 15 is 0 Å². The summed E-state index contributed by atoms with van der Waals surface area (Å²) in [6.45, 7) is 3.86. The number of benzene rings is 1. The molecule has 1 aromatic carbocycles. The van der Waals surface area contributed by atoms with Crippen molar-refractivity contribution < 1.29 is 4.92 Å². The molecule has 0 amide bonds. The van der Waals surface area contributed by atoms with Gasteiger partial charge in [-0.1, -0.05) is 0 Å². The first kappa shape index (κ1) is 14.1. The van der Waals surface area contributed by atoms with E-state index in [-0.39, 0.29) is 18.1 Å². The number of nitro groups is 1. The molecule has 5 heteroatoms. The zero-order chi connectivity index (χ0) is 12.4. The summed E-state index contributed by atoms with van der Waals surface area (Å²) in [7, 11) is 0. The second-order valence-electron chi connectivity index (χ2n) is 3.94. The third-order valence-corrected chi connectivity index (χ3v) is 2.49. The molecular weight excluding hydrogens is 252 g/mol. The van der Waals surface area contributed by atoms with E-state index in [9.17, 15) is 10.1 Å². The monoisotopic (exact) mass is 264 g/mol. The largest absolute Gasteiger partial charge is 0.269 e. The summed E-state index contributed by atoms with van der Waals surface area (Å²) in [5.41, 5.74) is 3.99. The van der Waals surface area contributed by atoms with Crippen molar-refractivity contribution in [2.75, 3.05) is 0 Å². The number of rotatable bonds is 2. The van der Waals surface area contributed by atoms with E-state index in [1.165, 1.54) is 12.1 Å².